The van der Waals surface area contributed by atoms with Crippen molar-refractivity contribution in [2.75, 3.05) is 5.73 Å². The van der Waals surface area contributed by atoms with Crippen LogP contribution in [0.15, 0.2) is 30.3 Å². The van der Waals surface area contributed by atoms with Crippen LogP contribution in [0, 0.1) is 5.82 Å². The molecule has 1 aromatic carbocycles. The highest BCUT2D eigenvalue weighted by molar-refractivity contribution is 5.43. The van der Waals surface area contributed by atoms with Crippen molar-refractivity contribution in [3.8, 4) is 5.69 Å². The maximum atomic E-state index is 13.5. The van der Waals surface area contributed by atoms with Gasteiger partial charge in [-0.15, -0.1) is 0 Å². The first kappa shape index (κ1) is 10.7. The van der Waals surface area contributed by atoms with Crippen molar-refractivity contribution in [1.82, 2.24) is 9.78 Å². The van der Waals surface area contributed by atoms with Crippen LogP contribution in [-0.4, -0.2) is 9.78 Å². The number of aryl methyl sites for hydroxylation is 1. The molecule has 3 nitrogen and oxygen atoms in total. The van der Waals surface area contributed by atoms with Gasteiger partial charge in [0.25, 0.3) is 0 Å². The summed E-state index contributed by atoms with van der Waals surface area (Å²) < 4.78 is 15.0. The Labute approximate surface area is 93.7 Å². The second-order valence-corrected chi connectivity index (χ2v) is 3.67. The zero-order chi connectivity index (χ0) is 11.5. The van der Waals surface area contributed by atoms with E-state index < -0.39 is 0 Å². The van der Waals surface area contributed by atoms with Crippen LogP contribution >= 0.6 is 0 Å². The molecule has 0 radical (unpaired) electrons. The van der Waals surface area contributed by atoms with Crippen molar-refractivity contribution in [2.45, 2.75) is 19.8 Å². The number of para-hydroxylation sites is 1. The lowest BCUT2D eigenvalue weighted by Crippen LogP contribution is -2.04. The van der Waals surface area contributed by atoms with E-state index in [0.29, 0.717) is 11.5 Å². The van der Waals surface area contributed by atoms with Gasteiger partial charge in [-0.05, 0) is 18.6 Å². The Kier molecular flexibility index (Phi) is 2.90. The van der Waals surface area contributed by atoms with Crippen LogP contribution in [0.25, 0.3) is 5.69 Å². The molecule has 0 amide bonds. The monoisotopic (exact) mass is 219 g/mol. The van der Waals surface area contributed by atoms with Crippen LogP contribution in [0.2, 0.25) is 0 Å². The molecule has 2 N–H and O–H groups in total. The number of rotatable bonds is 3. The molecule has 0 unspecified atom stereocenters. The first-order valence-electron chi connectivity index (χ1n) is 5.31. The zero-order valence-electron chi connectivity index (χ0n) is 9.15. The molecule has 0 aliphatic rings. The van der Waals surface area contributed by atoms with Crippen molar-refractivity contribution < 1.29 is 4.39 Å². The summed E-state index contributed by atoms with van der Waals surface area (Å²) in [6.07, 6.45) is 1.85. The molecule has 84 valence electrons. The van der Waals surface area contributed by atoms with Crippen molar-refractivity contribution >= 4 is 5.82 Å². The molecule has 0 bridgehead atoms. The van der Waals surface area contributed by atoms with E-state index in [4.69, 9.17) is 5.73 Å². The average Bonchev–Trinajstić information content (AvgIpc) is 2.61. The number of nitrogens with two attached hydrogens (primary N) is 1. The predicted octanol–water partition coefficient (Wildman–Crippen LogP) is 2.55. The molecule has 4 heteroatoms. The molecule has 1 aromatic heterocycles. The fraction of sp³-hybridized carbons (Fsp3) is 0.250. The van der Waals surface area contributed by atoms with Gasteiger partial charge in [0.2, 0.25) is 0 Å². The van der Waals surface area contributed by atoms with Crippen LogP contribution in [0.1, 0.15) is 19.0 Å². The molecule has 0 atom stereocenters. The maximum absolute atomic E-state index is 13.5. The Morgan fingerprint density at radius 3 is 2.81 bits per heavy atom. The van der Waals surface area contributed by atoms with Gasteiger partial charge in [-0.3, -0.25) is 0 Å². The number of nitrogen functional groups attached to an aromatic ring is 1. The van der Waals surface area contributed by atoms with E-state index >= 15 is 0 Å². The number of halogens is 1. The summed E-state index contributed by atoms with van der Waals surface area (Å²) in [4.78, 5) is 0. The first-order chi connectivity index (χ1) is 7.72. The molecule has 0 saturated heterocycles. The Morgan fingerprint density at radius 1 is 1.38 bits per heavy atom. The summed E-state index contributed by atoms with van der Waals surface area (Å²) in [5.74, 6) is 0.147. The Balaban J connectivity index is 2.44. The third-order valence-electron chi connectivity index (χ3n) is 2.37. The number of nitrogens with zero attached hydrogens (tertiary/aromatic N) is 2. The highest BCUT2D eigenvalue weighted by atomic mass is 19.1. The van der Waals surface area contributed by atoms with Crippen LogP contribution in [0.5, 0.6) is 0 Å². The summed E-state index contributed by atoms with van der Waals surface area (Å²) in [6, 6.07) is 8.25. The predicted molar refractivity (Wildman–Crippen MR) is 61.9 cm³/mol. The average molecular weight is 219 g/mol. The van der Waals surface area contributed by atoms with Gasteiger partial charge in [0, 0.05) is 6.07 Å². The smallest absolute Gasteiger partial charge is 0.148 e. The molecule has 1 heterocycles. The molecule has 0 spiro atoms. The molecule has 2 rings (SSSR count). The molecular formula is C12H14FN3. The standard InChI is InChI=1S/C12H14FN3/c1-2-5-9-8-12(14)16(15-9)11-7-4-3-6-10(11)13/h3-4,6-8H,2,5,14H2,1H3. The molecule has 0 saturated carbocycles. The van der Waals surface area contributed by atoms with Gasteiger partial charge < -0.3 is 5.73 Å². The Bertz CT molecular complexity index is 491. The van der Waals surface area contributed by atoms with Gasteiger partial charge in [-0.2, -0.15) is 5.10 Å². The van der Waals surface area contributed by atoms with Gasteiger partial charge in [-0.25, -0.2) is 9.07 Å². The molecule has 2 aromatic rings. The Hall–Kier alpha value is -1.84. The zero-order valence-corrected chi connectivity index (χ0v) is 9.15. The molecule has 0 fully saturated rings. The van der Waals surface area contributed by atoms with Crippen molar-refractivity contribution in [2.24, 2.45) is 0 Å². The van der Waals surface area contributed by atoms with Crippen molar-refractivity contribution in [3.05, 3.63) is 41.8 Å². The van der Waals surface area contributed by atoms with Gasteiger partial charge >= 0.3 is 0 Å². The lowest BCUT2D eigenvalue weighted by molar-refractivity contribution is 0.610. The molecule has 16 heavy (non-hydrogen) atoms. The minimum Gasteiger partial charge on any atom is -0.384 e. The number of benzene rings is 1. The molecular weight excluding hydrogens is 205 g/mol. The highest BCUT2D eigenvalue weighted by Gasteiger charge is 2.09. The number of anilines is 1. The van der Waals surface area contributed by atoms with Crippen molar-refractivity contribution in [3.63, 3.8) is 0 Å². The van der Waals surface area contributed by atoms with Gasteiger partial charge in [-0.1, -0.05) is 25.5 Å². The second-order valence-electron chi connectivity index (χ2n) is 3.67. The van der Waals surface area contributed by atoms with Crippen molar-refractivity contribution in [1.29, 1.82) is 0 Å². The van der Waals surface area contributed by atoms with Crippen LogP contribution < -0.4 is 5.73 Å². The minimum absolute atomic E-state index is 0.319. The number of hydrogen-bond donors (Lipinski definition) is 1. The highest BCUT2D eigenvalue weighted by Crippen LogP contribution is 2.17. The van der Waals surface area contributed by atoms with Crippen LogP contribution in [-0.2, 0) is 6.42 Å². The van der Waals surface area contributed by atoms with Gasteiger partial charge in [0.15, 0.2) is 0 Å². The number of hydrogen-bond acceptors (Lipinski definition) is 2. The van der Waals surface area contributed by atoms with E-state index in [1.54, 1.807) is 24.3 Å². The van der Waals surface area contributed by atoms with E-state index in [0.717, 1.165) is 18.5 Å². The van der Waals surface area contributed by atoms with E-state index in [1.165, 1.54) is 10.7 Å². The normalized spacial score (nSPS) is 10.6. The topological polar surface area (TPSA) is 43.8 Å². The maximum Gasteiger partial charge on any atom is 0.148 e. The fourth-order valence-electron chi connectivity index (χ4n) is 1.64. The quantitative estimate of drug-likeness (QED) is 0.862. The summed E-state index contributed by atoms with van der Waals surface area (Å²) in [7, 11) is 0. The first-order valence-corrected chi connectivity index (χ1v) is 5.31. The van der Waals surface area contributed by atoms with Crippen LogP contribution in [0.3, 0.4) is 0 Å². The summed E-state index contributed by atoms with van der Waals surface area (Å²) in [5, 5.41) is 4.28. The molecule has 0 aliphatic carbocycles. The third kappa shape index (κ3) is 1.91. The second kappa shape index (κ2) is 4.35. The van der Waals surface area contributed by atoms with Crippen LogP contribution in [0.4, 0.5) is 10.2 Å². The van der Waals surface area contributed by atoms with E-state index in [2.05, 4.69) is 12.0 Å². The Morgan fingerprint density at radius 2 is 2.12 bits per heavy atom. The minimum atomic E-state index is -0.319. The lowest BCUT2D eigenvalue weighted by atomic mass is 10.2. The van der Waals surface area contributed by atoms with E-state index in [9.17, 15) is 4.39 Å². The van der Waals surface area contributed by atoms with Gasteiger partial charge in [0.1, 0.15) is 17.3 Å². The largest absolute Gasteiger partial charge is 0.384 e. The summed E-state index contributed by atoms with van der Waals surface area (Å²) in [6.45, 7) is 2.07. The third-order valence-corrected chi connectivity index (χ3v) is 2.37. The lowest BCUT2D eigenvalue weighted by Gasteiger charge is -2.04. The number of aromatic nitrogens is 2. The summed E-state index contributed by atoms with van der Waals surface area (Å²) >= 11 is 0. The SMILES string of the molecule is CCCc1cc(N)n(-c2ccccc2F)n1. The molecule has 0 aliphatic heterocycles. The fourth-order valence-corrected chi connectivity index (χ4v) is 1.64. The van der Waals surface area contributed by atoms with Gasteiger partial charge in [0.05, 0.1) is 5.69 Å². The van der Waals surface area contributed by atoms with E-state index in [-0.39, 0.29) is 5.82 Å². The van der Waals surface area contributed by atoms with E-state index in [1.807, 2.05) is 0 Å². The summed E-state index contributed by atoms with van der Waals surface area (Å²) in [5.41, 5.74) is 7.09.